The summed E-state index contributed by atoms with van der Waals surface area (Å²) < 4.78 is 5.58. The number of nitrogens with zero attached hydrogens (tertiary/aromatic N) is 3. The summed E-state index contributed by atoms with van der Waals surface area (Å²) >= 11 is 13.3. The Bertz CT molecular complexity index is 884. The Kier molecular flexibility index (Phi) is 5.03. The lowest BCUT2D eigenvalue weighted by Crippen LogP contribution is -1.88. The van der Waals surface area contributed by atoms with Gasteiger partial charge < -0.3 is 4.42 Å². The average Bonchev–Trinajstić information content (AvgIpc) is 3.02. The second-order valence-electron chi connectivity index (χ2n) is 4.71. The number of benzene rings is 2. The van der Waals surface area contributed by atoms with Crippen LogP contribution in [0.5, 0.6) is 0 Å². The van der Waals surface area contributed by atoms with E-state index in [0.717, 1.165) is 5.56 Å². The highest BCUT2D eigenvalue weighted by Crippen LogP contribution is 2.31. The standard InChI is InChI=1S/C15H9Cl2N3O3S/c16-10-3-6-12(13(17)7-10)14-18-19-15(23-14)24-8-9-1-4-11(5-2-9)20(21)22/h1-7H,8H2. The van der Waals surface area contributed by atoms with Crippen molar-refractivity contribution in [2.45, 2.75) is 11.0 Å². The number of hydrogen-bond acceptors (Lipinski definition) is 6. The van der Waals surface area contributed by atoms with Crippen LogP contribution >= 0.6 is 35.0 Å². The Labute approximate surface area is 150 Å². The van der Waals surface area contributed by atoms with Gasteiger partial charge in [-0.1, -0.05) is 47.1 Å². The molecule has 1 heterocycles. The summed E-state index contributed by atoms with van der Waals surface area (Å²) in [5.74, 6) is 0.858. The summed E-state index contributed by atoms with van der Waals surface area (Å²) in [7, 11) is 0. The summed E-state index contributed by atoms with van der Waals surface area (Å²) in [5.41, 5.74) is 1.58. The quantitative estimate of drug-likeness (QED) is 0.341. The van der Waals surface area contributed by atoms with Crippen molar-refractivity contribution in [3.63, 3.8) is 0 Å². The molecule has 0 saturated heterocycles. The zero-order chi connectivity index (χ0) is 17.1. The van der Waals surface area contributed by atoms with Crippen LogP contribution < -0.4 is 0 Å². The molecular formula is C15H9Cl2N3O3S. The van der Waals surface area contributed by atoms with Gasteiger partial charge in [0.1, 0.15) is 0 Å². The minimum Gasteiger partial charge on any atom is -0.411 e. The maximum Gasteiger partial charge on any atom is 0.277 e. The fourth-order valence-electron chi connectivity index (χ4n) is 1.90. The van der Waals surface area contributed by atoms with E-state index in [9.17, 15) is 10.1 Å². The smallest absolute Gasteiger partial charge is 0.277 e. The van der Waals surface area contributed by atoms with Crippen LogP contribution in [0.3, 0.4) is 0 Å². The van der Waals surface area contributed by atoms with Crippen LogP contribution in [-0.2, 0) is 5.75 Å². The number of hydrogen-bond donors (Lipinski definition) is 0. The molecule has 6 nitrogen and oxygen atoms in total. The third kappa shape index (κ3) is 3.87. The molecule has 0 N–H and O–H groups in total. The predicted molar refractivity (Wildman–Crippen MR) is 92.4 cm³/mol. The number of nitro groups is 1. The second-order valence-corrected chi connectivity index (χ2v) is 6.48. The lowest BCUT2D eigenvalue weighted by molar-refractivity contribution is -0.384. The van der Waals surface area contributed by atoms with Crippen molar-refractivity contribution in [3.05, 3.63) is 68.2 Å². The molecular weight excluding hydrogens is 373 g/mol. The highest BCUT2D eigenvalue weighted by molar-refractivity contribution is 7.98. The van der Waals surface area contributed by atoms with Gasteiger partial charge in [-0.15, -0.1) is 10.2 Å². The van der Waals surface area contributed by atoms with Crippen molar-refractivity contribution in [2.24, 2.45) is 0 Å². The second kappa shape index (κ2) is 7.21. The lowest BCUT2D eigenvalue weighted by Gasteiger charge is -1.99. The third-order valence-corrected chi connectivity index (χ3v) is 4.51. The van der Waals surface area contributed by atoms with E-state index in [4.69, 9.17) is 27.6 Å². The van der Waals surface area contributed by atoms with Crippen LogP contribution in [0.4, 0.5) is 5.69 Å². The molecule has 1 aromatic heterocycles. The molecule has 0 amide bonds. The molecule has 3 rings (SSSR count). The van der Waals surface area contributed by atoms with Crippen molar-refractivity contribution in [1.29, 1.82) is 0 Å². The zero-order valence-electron chi connectivity index (χ0n) is 12.0. The van der Waals surface area contributed by atoms with E-state index < -0.39 is 4.92 Å². The van der Waals surface area contributed by atoms with Gasteiger partial charge in [0, 0.05) is 22.9 Å². The van der Waals surface area contributed by atoms with E-state index in [2.05, 4.69) is 10.2 Å². The van der Waals surface area contributed by atoms with Gasteiger partial charge in [-0.25, -0.2) is 0 Å². The largest absolute Gasteiger partial charge is 0.411 e. The number of nitro benzene ring substituents is 1. The van der Waals surface area contributed by atoms with Gasteiger partial charge in [-0.2, -0.15) is 0 Å². The fraction of sp³-hybridized carbons (Fsp3) is 0.0667. The van der Waals surface area contributed by atoms with Gasteiger partial charge in [0.2, 0.25) is 5.89 Å². The number of non-ortho nitro benzene ring substituents is 1. The van der Waals surface area contributed by atoms with Gasteiger partial charge in [-0.05, 0) is 23.8 Å². The topological polar surface area (TPSA) is 82.1 Å². The first-order valence-electron chi connectivity index (χ1n) is 6.68. The van der Waals surface area contributed by atoms with Gasteiger partial charge >= 0.3 is 0 Å². The van der Waals surface area contributed by atoms with E-state index in [1.54, 1.807) is 30.3 Å². The maximum absolute atomic E-state index is 10.6. The monoisotopic (exact) mass is 381 g/mol. The molecule has 122 valence electrons. The summed E-state index contributed by atoms with van der Waals surface area (Å²) in [5, 5.41) is 19.9. The molecule has 24 heavy (non-hydrogen) atoms. The summed E-state index contributed by atoms with van der Waals surface area (Å²) in [6.45, 7) is 0. The molecule has 0 aliphatic rings. The summed E-state index contributed by atoms with van der Waals surface area (Å²) in [6.07, 6.45) is 0. The van der Waals surface area contributed by atoms with Crippen molar-refractivity contribution in [2.75, 3.05) is 0 Å². The fourth-order valence-corrected chi connectivity index (χ4v) is 3.11. The van der Waals surface area contributed by atoms with E-state index in [-0.39, 0.29) is 5.69 Å². The van der Waals surface area contributed by atoms with Gasteiger partial charge in [0.25, 0.3) is 10.9 Å². The maximum atomic E-state index is 10.6. The van der Waals surface area contributed by atoms with Gasteiger partial charge in [-0.3, -0.25) is 10.1 Å². The molecule has 3 aromatic rings. The van der Waals surface area contributed by atoms with Crippen LogP contribution in [0.25, 0.3) is 11.5 Å². The Balaban J connectivity index is 1.69. The average molecular weight is 382 g/mol. The van der Waals surface area contributed by atoms with Crippen LogP contribution in [0.2, 0.25) is 10.0 Å². The highest BCUT2D eigenvalue weighted by atomic mass is 35.5. The molecule has 0 bridgehead atoms. The first-order chi connectivity index (χ1) is 11.5. The molecule has 0 atom stereocenters. The lowest BCUT2D eigenvalue weighted by atomic mass is 10.2. The first-order valence-corrected chi connectivity index (χ1v) is 8.42. The summed E-state index contributed by atoms with van der Waals surface area (Å²) in [6, 6.07) is 11.3. The normalized spacial score (nSPS) is 10.8. The van der Waals surface area contributed by atoms with Crippen molar-refractivity contribution < 1.29 is 9.34 Å². The number of rotatable bonds is 5. The van der Waals surface area contributed by atoms with Crippen molar-refractivity contribution >= 4 is 40.7 Å². The molecule has 0 radical (unpaired) electrons. The predicted octanol–water partition coefficient (Wildman–Crippen LogP) is 5.24. The molecule has 0 aliphatic carbocycles. The van der Waals surface area contributed by atoms with E-state index in [1.807, 2.05) is 0 Å². The van der Waals surface area contributed by atoms with E-state index in [1.165, 1.54) is 23.9 Å². The molecule has 0 unspecified atom stereocenters. The Morgan fingerprint density at radius 1 is 1.12 bits per heavy atom. The SMILES string of the molecule is O=[N+]([O-])c1ccc(CSc2nnc(-c3ccc(Cl)cc3Cl)o2)cc1. The number of thioether (sulfide) groups is 1. The first kappa shape index (κ1) is 16.8. The van der Waals surface area contributed by atoms with E-state index >= 15 is 0 Å². The Morgan fingerprint density at radius 2 is 1.88 bits per heavy atom. The van der Waals surface area contributed by atoms with Crippen LogP contribution in [0.15, 0.2) is 52.1 Å². The minimum absolute atomic E-state index is 0.0567. The molecule has 0 saturated carbocycles. The van der Waals surface area contributed by atoms with Crippen LogP contribution in [0.1, 0.15) is 5.56 Å². The molecule has 0 fully saturated rings. The zero-order valence-corrected chi connectivity index (χ0v) is 14.3. The molecule has 0 spiro atoms. The van der Waals surface area contributed by atoms with Gasteiger partial charge in [0.15, 0.2) is 0 Å². The molecule has 9 heteroatoms. The van der Waals surface area contributed by atoms with Gasteiger partial charge in [0.05, 0.1) is 15.5 Å². The van der Waals surface area contributed by atoms with Crippen LogP contribution in [0, 0.1) is 10.1 Å². The highest BCUT2D eigenvalue weighted by Gasteiger charge is 2.13. The number of halogens is 2. The van der Waals surface area contributed by atoms with Crippen molar-refractivity contribution in [1.82, 2.24) is 10.2 Å². The Hall–Kier alpha value is -2.09. The minimum atomic E-state index is -0.433. The summed E-state index contributed by atoms with van der Waals surface area (Å²) in [4.78, 5) is 10.2. The van der Waals surface area contributed by atoms with E-state index in [0.29, 0.717) is 32.5 Å². The third-order valence-electron chi connectivity index (χ3n) is 3.08. The van der Waals surface area contributed by atoms with Crippen LogP contribution in [-0.4, -0.2) is 15.1 Å². The Morgan fingerprint density at radius 3 is 2.54 bits per heavy atom. The van der Waals surface area contributed by atoms with Crippen molar-refractivity contribution in [3.8, 4) is 11.5 Å². The molecule has 0 aliphatic heterocycles. The number of aromatic nitrogens is 2. The molecule has 2 aromatic carbocycles.